The van der Waals surface area contributed by atoms with Gasteiger partial charge in [0.05, 0.1) is 25.9 Å². The number of nitrogens with zero attached hydrogens (tertiary/aromatic N) is 2. The Hall–Kier alpha value is -2.01. The average Bonchev–Trinajstić information content (AvgIpc) is 2.87. The van der Waals surface area contributed by atoms with Crippen molar-refractivity contribution in [2.75, 3.05) is 31.7 Å². The van der Waals surface area contributed by atoms with Crippen molar-refractivity contribution in [3.8, 4) is 5.75 Å². The zero-order valence-electron chi connectivity index (χ0n) is 12.3. The van der Waals surface area contributed by atoms with Crippen molar-refractivity contribution in [3.63, 3.8) is 0 Å². The smallest absolute Gasteiger partial charge is 0.147 e. The van der Waals surface area contributed by atoms with Crippen LogP contribution in [0.15, 0.2) is 36.5 Å². The lowest BCUT2D eigenvalue weighted by Crippen LogP contribution is -2.30. The van der Waals surface area contributed by atoms with Crippen molar-refractivity contribution in [1.29, 1.82) is 0 Å². The molecule has 3 rings (SSSR count). The molecule has 0 bridgehead atoms. The van der Waals surface area contributed by atoms with Crippen molar-refractivity contribution in [3.05, 3.63) is 42.1 Å². The minimum atomic E-state index is 0.407. The number of hydrogen-bond acceptors (Lipinski definition) is 4. The SMILES string of the molecule is Cc1ccccc1OCCCNc1ccn(C2COC2)n1. The lowest BCUT2D eigenvalue weighted by Gasteiger charge is -2.25. The Morgan fingerprint density at radius 2 is 2.19 bits per heavy atom. The van der Waals surface area contributed by atoms with E-state index in [9.17, 15) is 0 Å². The van der Waals surface area contributed by atoms with Crippen molar-refractivity contribution < 1.29 is 9.47 Å². The molecule has 1 aliphatic heterocycles. The van der Waals surface area contributed by atoms with E-state index >= 15 is 0 Å². The molecule has 21 heavy (non-hydrogen) atoms. The molecule has 1 aliphatic rings. The molecule has 0 atom stereocenters. The molecule has 0 aliphatic carbocycles. The third kappa shape index (κ3) is 3.55. The van der Waals surface area contributed by atoms with Crippen molar-refractivity contribution in [1.82, 2.24) is 9.78 Å². The van der Waals surface area contributed by atoms with Crippen LogP contribution in [0.2, 0.25) is 0 Å². The Morgan fingerprint density at radius 3 is 2.95 bits per heavy atom. The van der Waals surface area contributed by atoms with E-state index in [1.165, 1.54) is 5.56 Å². The van der Waals surface area contributed by atoms with Gasteiger partial charge in [0.2, 0.25) is 0 Å². The summed E-state index contributed by atoms with van der Waals surface area (Å²) in [6, 6.07) is 10.5. The molecular weight excluding hydrogens is 266 g/mol. The highest BCUT2D eigenvalue weighted by atomic mass is 16.5. The normalized spacial score (nSPS) is 14.7. The Balaban J connectivity index is 1.36. The van der Waals surface area contributed by atoms with Crippen LogP contribution >= 0.6 is 0 Å². The number of benzene rings is 1. The molecule has 0 radical (unpaired) electrons. The number of hydrogen-bond donors (Lipinski definition) is 1. The van der Waals surface area contributed by atoms with E-state index in [1.807, 2.05) is 35.1 Å². The third-order valence-electron chi connectivity index (χ3n) is 3.58. The number of aromatic nitrogens is 2. The molecule has 2 aromatic rings. The van der Waals surface area contributed by atoms with Gasteiger partial charge in [-0.2, -0.15) is 5.10 Å². The van der Waals surface area contributed by atoms with Gasteiger partial charge in [-0.3, -0.25) is 4.68 Å². The summed E-state index contributed by atoms with van der Waals surface area (Å²) < 4.78 is 12.9. The first kappa shape index (κ1) is 13.9. The van der Waals surface area contributed by atoms with E-state index in [0.29, 0.717) is 12.6 Å². The third-order valence-corrected chi connectivity index (χ3v) is 3.58. The van der Waals surface area contributed by atoms with Crippen molar-refractivity contribution >= 4 is 5.82 Å². The average molecular weight is 287 g/mol. The molecule has 1 N–H and O–H groups in total. The minimum Gasteiger partial charge on any atom is -0.493 e. The van der Waals surface area contributed by atoms with E-state index < -0.39 is 0 Å². The maximum Gasteiger partial charge on any atom is 0.147 e. The summed E-state index contributed by atoms with van der Waals surface area (Å²) in [5.74, 6) is 1.88. The van der Waals surface area contributed by atoms with Gasteiger partial charge < -0.3 is 14.8 Å². The Morgan fingerprint density at radius 1 is 1.33 bits per heavy atom. The Bertz CT molecular complexity index is 578. The highest BCUT2D eigenvalue weighted by Crippen LogP contribution is 2.18. The lowest BCUT2D eigenvalue weighted by atomic mass is 10.2. The van der Waals surface area contributed by atoms with Crippen LogP contribution in [0.1, 0.15) is 18.0 Å². The van der Waals surface area contributed by atoms with E-state index in [1.54, 1.807) is 0 Å². The summed E-state index contributed by atoms with van der Waals surface area (Å²) in [6.07, 6.45) is 2.94. The van der Waals surface area contributed by atoms with E-state index in [-0.39, 0.29) is 0 Å². The Labute approximate surface area is 124 Å². The van der Waals surface area contributed by atoms with Crippen LogP contribution < -0.4 is 10.1 Å². The van der Waals surface area contributed by atoms with Crippen LogP contribution in [0.3, 0.4) is 0 Å². The first-order valence-electron chi connectivity index (χ1n) is 7.38. The molecule has 1 aromatic heterocycles. The van der Waals surface area contributed by atoms with Gasteiger partial charge in [0.1, 0.15) is 11.6 Å². The molecule has 1 aromatic carbocycles. The number of nitrogens with one attached hydrogen (secondary N) is 1. The van der Waals surface area contributed by atoms with Gasteiger partial charge in [-0.25, -0.2) is 0 Å². The second kappa shape index (κ2) is 6.63. The van der Waals surface area contributed by atoms with E-state index in [2.05, 4.69) is 23.4 Å². The van der Waals surface area contributed by atoms with Gasteiger partial charge in [0, 0.05) is 18.8 Å². The van der Waals surface area contributed by atoms with Gasteiger partial charge in [0.15, 0.2) is 0 Å². The molecule has 0 amide bonds. The van der Waals surface area contributed by atoms with E-state index in [0.717, 1.165) is 37.7 Å². The van der Waals surface area contributed by atoms with Gasteiger partial charge >= 0.3 is 0 Å². The lowest BCUT2D eigenvalue weighted by molar-refractivity contribution is -0.0285. The van der Waals surface area contributed by atoms with Gasteiger partial charge in [0.25, 0.3) is 0 Å². The molecule has 0 unspecified atom stereocenters. The maximum absolute atomic E-state index is 5.76. The van der Waals surface area contributed by atoms with Crippen molar-refractivity contribution in [2.45, 2.75) is 19.4 Å². The molecule has 112 valence electrons. The maximum atomic E-state index is 5.76. The second-order valence-corrected chi connectivity index (χ2v) is 5.27. The quantitative estimate of drug-likeness (QED) is 0.795. The molecule has 1 saturated heterocycles. The fourth-order valence-corrected chi connectivity index (χ4v) is 2.20. The largest absolute Gasteiger partial charge is 0.493 e. The highest BCUT2D eigenvalue weighted by molar-refractivity contribution is 5.32. The molecule has 5 nitrogen and oxygen atoms in total. The molecule has 0 saturated carbocycles. The monoisotopic (exact) mass is 287 g/mol. The number of rotatable bonds is 7. The predicted octanol–water partition coefficient (Wildman–Crippen LogP) is 2.64. The first-order valence-corrected chi connectivity index (χ1v) is 7.38. The van der Waals surface area contributed by atoms with Crippen LogP contribution in [0, 0.1) is 6.92 Å². The first-order chi connectivity index (χ1) is 10.3. The molecule has 2 heterocycles. The zero-order chi connectivity index (χ0) is 14.5. The van der Waals surface area contributed by atoms with Crippen LogP contribution in [0.25, 0.3) is 0 Å². The summed E-state index contributed by atoms with van der Waals surface area (Å²) >= 11 is 0. The van der Waals surface area contributed by atoms with Crippen LogP contribution in [0.4, 0.5) is 5.82 Å². The summed E-state index contributed by atoms with van der Waals surface area (Å²) in [4.78, 5) is 0. The number of aryl methyl sites for hydroxylation is 1. The second-order valence-electron chi connectivity index (χ2n) is 5.27. The van der Waals surface area contributed by atoms with Crippen LogP contribution in [0.5, 0.6) is 5.75 Å². The number of anilines is 1. The zero-order valence-corrected chi connectivity index (χ0v) is 12.3. The topological polar surface area (TPSA) is 48.3 Å². The summed E-state index contributed by atoms with van der Waals surface area (Å²) in [7, 11) is 0. The highest BCUT2D eigenvalue weighted by Gasteiger charge is 2.20. The minimum absolute atomic E-state index is 0.407. The van der Waals surface area contributed by atoms with Gasteiger partial charge in [-0.05, 0) is 25.0 Å². The summed E-state index contributed by atoms with van der Waals surface area (Å²) in [5, 5.41) is 7.80. The standard InChI is InChI=1S/C16H21N3O2/c1-13-5-2-3-6-15(13)21-10-4-8-17-16-7-9-19(18-16)14-11-20-12-14/h2-3,5-7,9,14H,4,8,10-12H2,1H3,(H,17,18). The van der Waals surface area contributed by atoms with Gasteiger partial charge in [-0.1, -0.05) is 18.2 Å². The number of ether oxygens (including phenoxy) is 2. The predicted molar refractivity (Wildman–Crippen MR) is 81.9 cm³/mol. The fourth-order valence-electron chi connectivity index (χ4n) is 2.20. The molecule has 5 heteroatoms. The fraction of sp³-hybridized carbons (Fsp3) is 0.438. The van der Waals surface area contributed by atoms with Crippen LogP contribution in [-0.4, -0.2) is 36.1 Å². The van der Waals surface area contributed by atoms with Crippen molar-refractivity contribution in [2.24, 2.45) is 0 Å². The van der Waals surface area contributed by atoms with Crippen LogP contribution in [-0.2, 0) is 4.74 Å². The molecule has 0 spiro atoms. The van der Waals surface area contributed by atoms with Gasteiger partial charge in [-0.15, -0.1) is 0 Å². The summed E-state index contributed by atoms with van der Waals surface area (Å²) in [5.41, 5.74) is 1.17. The van der Waals surface area contributed by atoms with E-state index in [4.69, 9.17) is 9.47 Å². The Kier molecular flexibility index (Phi) is 4.40. The molecule has 1 fully saturated rings. The molecular formula is C16H21N3O2. The number of para-hydroxylation sites is 1. The summed E-state index contributed by atoms with van der Waals surface area (Å²) in [6.45, 7) is 5.15.